The molecule has 1 heterocycles. The van der Waals surface area contributed by atoms with Gasteiger partial charge in [0.1, 0.15) is 0 Å². The van der Waals surface area contributed by atoms with E-state index in [1.165, 1.54) is 18.2 Å². The standard InChI is InChI=1S/C23H32F3N4OP/c1-15(2)29-20-12-8-9-13-21(20)30(16(3)4)32(29,31)28-22(17(5)14-27)18-10-6-7-11-19(18)23(24,25)26/h6-7,10-11,15-16,20-22H,5,8-9,12-13H2,1-4H3,(H,28,31)/t20-,21-,22-/m1/s1. The van der Waals surface area contributed by atoms with Crippen LogP contribution in [0.2, 0.25) is 0 Å². The third-order valence-corrected chi connectivity index (χ3v) is 9.79. The molecule has 0 spiro atoms. The molecule has 1 aliphatic heterocycles. The van der Waals surface area contributed by atoms with Gasteiger partial charge in [0, 0.05) is 29.7 Å². The summed E-state index contributed by atoms with van der Waals surface area (Å²) in [6.45, 7) is 11.6. The summed E-state index contributed by atoms with van der Waals surface area (Å²) in [5, 5.41) is 12.7. The van der Waals surface area contributed by atoms with Crippen LogP contribution in [-0.2, 0) is 10.7 Å². The van der Waals surface area contributed by atoms with Crippen molar-refractivity contribution in [3.63, 3.8) is 0 Å². The Kier molecular flexibility index (Phi) is 7.26. The lowest BCUT2D eigenvalue weighted by molar-refractivity contribution is -0.138. The molecular formula is C23H32F3N4OP. The van der Waals surface area contributed by atoms with Crippen molar-refractivity contribution in [2.45, 2.75) is 89.8 Å². The van der Waals surface area contributed by atoms with Gasteiger partial charge in [-0.1, -0.05) is 37.6 Å². The molecular weight excluding hydrogens is 436 g/mol. The third kappa shape index (κ3) is 4.41. The Labute approximate surface area is 188 Å². The van der Waals surface area contributed by atoms with Crippen molar-refractivity contribution >= 4 is 7.59 Å². The number of alkyl halides is 3. The minimum atomic E-state index is -4.61. The Morgan fingerprint density at radius 3 is 2.06 bits per heavy atom. The highest BCUT2D eigenvalue weighted by molar-refractivity contribution is 7.57. The van der Waals surface area contributed by atoms with Gasteiger partial charge in [-0.05, 0) is 52.2 Å². The molecule has 0 radical (unpaired) electrons. The zero-order valence-electron chi connectivity index (χ0n) is 19.1. The van der Waals surface area contributed by atoms with Crippen molar-refractivity contribution in [3.8, 4) is 6.07 Å². The minimum absolute atomic E-state index is 0.0540. The van der Waals surface area contributed by atoms with Crippen molar-refractivity contribution in [3.05, 3.63) is 47.5 Å². The number of fused-ring (bicyclic) bond motifs is 1. The molecule has 0 aromatic heterocycles. The van der Waals surface area contributed by atoms with Gasteiger partial charge in [-0.25, -0.2) is 14.4 Å². The number of rotatable bonds is 6. The minimum Gasteiger partial charge on any atom is -0.270 e. The van der Waals surface area contributed by atoms with Crippen LogP contribution in [0.1, 0.15) is 70.5 Å². The van der Waals surface area contributed by atoms with Crippen molar-refractivity contribution in [1.82, 2.24) is 14.4 Å². The maximum Gasteiger partial charge on any atom is 0.416 e. The first-order chi connectivity index (χ1) is 14.9. The molecule has 3 rings (SSSR count). The van der Waals surface area contributed by atoms with Gasteiger partial charge in [-0.3, -0.25) is 4.57 Å². The number of nitrogens with zero attached hydrogens (tertiary/aromatic N) is 3. The van der Waals surface area contributed by atoms with Crippen LogP contribution in [0.5, 0.6) is 0 Å². The number of benzene rings is 1. The topological polar surface area (TPSA) is 59.4 Å². The van der Waals surface area contributed by atoms with Crippen LogP contribution in [0.25, 0.3) is 0 Å². The van der Waals surface area contributed by atoms with E-state index in [1.54, 1.807) is 0 Å². The van der Waals surface area contributed by atoms with E-state index in [9.17, 15) is 23.0 Å². The van der Waals surface area contributed by atoms with Gasteiger partial charge in [0.25, 0.3) is 7.59 Å². The molecule has 176 valence electrons. The second-order valence-corrected chi connectivity index (χ2v) is 11.5. The molecule has 9 heteroatoms. The largest absolute Gasteiger partial charge is 0.416 e. The molecule has 1 aromatic rings. The highest BCUT2D eigenvalue weighted by Crippen LogP contribution is 2.64. The van der Waals surface area contributed by atoms with Crippen molar-refractivity contribution in [2.75, 3.05) is 0 Å². The van der Waals surface area contributed by atoms with Gasteiger partial charge in [0.15, 0.2) is 0 Å². The molecule has 1 N–H and O–H groups in total. The second kappa shape index (κ2) is 9.30. The number of nitrogens with one attached hydrogen (secondary N) is 1. The summed E-state index contributed by atoms with van der Waals surface area (Å²) in [5.41, 5.74) is -1.09. The molecule has 0 amide bonds. The number of nitriles is 1. The van der Waals surface area contributed by atoms with E-state index in [0.29, 0.717) is 0 Å². The second-order valence-electron chi connectivity index (χ2n) is 9.19. The number of hydrogen-bond donors (Lipinski definition) is 1. The molecule has 1 saturated heterocycles. The first kappa shape index (κ1) is 25.0. The average Bonchev–Trinajstić information content (AvgIpc) is 2.99. The van der Waals surface area contributed by atoms with E-state index in [2.05, 4.69) is 11.7 Å². The maximum absolute atomic E-state index is 14.8. The van der Waals surface area contributed by atoms with Gasteiger partial charge in [-0.15, -0.1) is 0 Å². The molecule has 0 bridgehead atoms. The first-order valence-corrected chi connectivity index (χ1v) is 12.7. The lowest BCUT2D eigenvalue weighted by Crippen LogP contribution is -2.43. The molecule has 1 saturated carbocycles. The fourth-order valence-corrected chi connectivity index (χ4v) is 9.06. The van der Waals surface area contributed by atoms with E-state index < -0.39 is 25.4 Å². The van der Waals surface area contributed by atoms with Crippen LogP contribution in [-0.4, -0.2) is 33.5 Å². The van der Waals surface area contributed by atoms with E-state index >= 15 is 0 Å². The normalized spacial score (nSPS) is 25.0. The Bertz CT molecular complexity index is 912. The Morgan fingerprint density at radius 1 is 1.12 bits per heavy atom. The molecule has 1 aromatic carbocycles. The maximum atomic E-state index is 14.8. The molecule has 2 fully saturated rings. The van der Waals surface area contributed by atoms with Crippen LogP contribution in [0, 0.1) is 11.3 Å². The molecule has 5 nitrogen and oxygen atoms in total. The zero-order chi connectivity index (χ0) is 23.8. The summed E-state index contributed by atoms with van der Waals surface area (Å²) in [6, 6.07) is 5.74. The van der Waals surface area contributed by atoms with Crippen LogP contribution in [0.3, 0.4) is 0 Å². The Balaban J connectivity index is 2.15. The molecule has 0 unspecified atom stereocenters. The number of halogens is 3. The monoisotopic (exact) mass is 468 g/mol. The van der Waals surface area contributed by atoms with Crippen LogP contribution >= 0.6 is 7.59 Å². The van der Waals surface area contributed by atoms with Crippen molar-refractivity contribution in [1.29, 1.82) is 5.26 Å². The predicted octanol–water partition coefficient (Wildman–Crippen LogP) is 6.27. The van der Waals surface area contributed by atoms with Gasteiger partial charge in [0.2, 0.25) is 0 Å². The number of hydrogen-bond acceptors (Lipinski definition) is 2. The lowest BCUT2D eigenvalue weighted by atomic mass is 9.89. The summed E-state index contributed by atoms with van der Waals surface area (Å²) < 4.78 is 60.1. The molecule has 32 heavy (non-hydrogen) atoms. The Hall–Kier alpha value is -1.65. The highest BCUT2D eigenvalue weighted by Gasteiger charge is 2.57. The van der Waals surface area contributed by atoms with Gasteiger partial charge in [-0.2, -0.15) is 18.4 Å². The third-order valence-electron chi connectivity index (χ3n) is 6.42. The van der Waals surface area contributed by atoms with E-state index in [1.807, 2.05) is 43.1 Å². The van der Waals surface area contributed by atoms with E-state index in [-0.39, 0.29) is 35.3 Å². The summed E-state index contributed by atoms with van der Waals surface area (Å²) in [4.78, 5) is 0. The highest BCUT2D eigenvalue weighted by atomic mass is 31.2. The lowest BCUT2D eigenvalue weighted by Gasteiger charge is -2.38. The first-order valence-electron chi connectivity index (χ1n) is 11.1. The molecule has 2 aliphatic rings. The smallest absolute Gasteiger partial charge is 0.270 e. The summed E-state index contributed by atoms with van der Waals surface area (Å²) in [5.74, 6) is 0. The van der Waals surface area contributed by atoms with Gasteiger partial charge < -0.3 is 0 Å². The van der Waals surface area contributed by atoms with E-state index in [4.69, 9.17) is 0 Å². The van der Waals surface area contributed by atoms with Gasteiger partial charge >= 0.3 is 6.18 Å². The van der Waals surface area contributed by atoms with E-state index in [0.717, 1.165) is 31.7 Å². The SMILES string of the molecule is C=C(C#N)[C@@H](NP1(=O)N(C(C)C)[C@@H]2CCCC[C@H]2N1C(C)C)c1ccccc1C(F)(F)F. The predicted molar refractivity (Wildman–Crippen MR) is 120 cm³/mol. The van der Waals surface area contributed by atoms with Crippen molar-refractivity contribution in [2.24, 2.45) is 0 Å². The quantitative estimate of drug-likeness (QED) is 0.394. The zero-order valence-corrected chi connectivity index (χ0v) is 20.0. The molecule has 1 aliphatic carbocycles. The molecule has 3 atom stereocenters. The van der Waals surface area contributed by atoms with Crippen molar-refractivity contribution < 1.29 is 17.7 Å². The summed E-state index contributed by atoms with van der Waals surface area (Å²) in [6.07, 6.45) is -0.773. The summed E-state index contributed by atoms with van der Waals surface area (Å²) in [7, 11) is -3.53. The van der Waals surface area contributed by atoms with Crippen LogP contribution in [0.4, 0.5) is 13.2 Å². The fraction of sp³-hybridized carbons (Fsp3) is 0.609. The summed E-state index contributed by atoms with van der Waals surface area (Å²) >= 11 is 0. The van der Waals surface area contributed by atoms with Gasteiger partial charge in [0.05, 0.1) is 17.7 Å². The Morgan fingerprint density at radius 2 is 1.62 bits per heavy atom. The average molecular weight is 469 g/mol. The fourth-order valence-electron chi connectivity index (χ4n) is 5.33. The van der Waals surface area contributed by atoms with Crippen LogP contribution in [0.15, 0.2) is 36.4 Å². The van der Waals surface area contributed by atoms with Crippen LogP contribution < -0.4 is 5.09 Å².